The molecule has 2 aromatic rings. The molecule has 1 saturated heterocycles. The number of rotatable bonds is 4. The third kappa shape index (κ3) is 3.68. The molecule has 1 aliphatic heterocycles. The fraction of sp³-hybridized carbons (Fsp3) is 0.444. The van der Waals surface area contributed by atoms with Gasteiger partial charge < -0.3 is 14.5 Å². The Bertz CT molecular complexity index is 636. The van der Waals surface area contributed by atoms with E-state index in [1.54, 1.807) is 7.11 Å². The van der Waals surface area contributed by atoms with Crippen molar-refractivity contribution in [1.29, 1.82) is 0 Å². The fourth-order valence-electron chi connectivity index (χ4n) is 2.77. The second kappa shape index (κ2) is 7.06. The minimum atomic E-state index is 0.0764. The smallest absolute Gasteiger partial charge is 0.151 e. The van der Waals surface area contributed by atoms with Gasteiger partial charge in [0.15, 0.2) is 5.82 Å². The highest BCUT2D eigenvalue weighted by molar-refractivity contribution is 5.60. The van der Waals surface area contributed by atoms with Crippen molar-refractivity contribution in [2.75, 3.05) is 45.2 Å². The van der Waals surface area contributed by atoms with E-state index in [1.165, 1.54) is 0 Å². The van der Waals surface area contributed by atoms with Gasteiger partial charge >= 0.3 is 0 Å². The van der Waals surface area contributed by atoms with Crippen LogP contribution in [0.15, 0.2) is 36.4 Å². The van der Waals surface area contributed by atoms with Crippen LogP contribution >= 0.6 is 0 Å². The molecule has 0 amide bonds. The Kier molecular flexibility index (Phi) is 4.88. The van der Waals surface area contributed by atoms with E-state index >= 15 is 0 Å². The highest BCUT2D eigenvalue weighted by Gasteiger charge is 2.15. The summed E-state index contributed by atoms with van der Waals surface area (Å²) in [5, 5.41) is 8.85. The Balaban J connectivity index is 1.77. The van der Waals surface area contributed by atoms with Crippen LogP contribution in [0.3, 0.4) is 0 Å². The molecule has 122 valence electrons. The van der Waals surface area contributed by atoms with Gasteiger partial charge in [0.25, 0.3) is 0 Å². The Labute approximate surface area is 137 Å². The highest BCUT2D eigenvalue weighted by Crippen LogP contribution is 2.24. The number of methoxy groups -OCH3 is 1. The zero-order valence-corrected chi connectivity index (χ0v) is 14.1. The van der Waals surface area contributed by atoms with Crippen molar-refractivity contribution in [2.45, 2.75) is 13.0 Å². The van der Waals surface area contributed by atoms with Gasteiger partial charge in [0.2, 0.25) is 0 Å². The summed E-state index contributed by atoms with van der Waals surface area (Å²) in [5.74, 6) is 0.961. The van der Waals surface area contributed by atoms with E-state index in [0.29, 0.717) is 0 Å². The van der Waals surface area contributed by atoms with Gasteiger partial charge in [0, 0.05) is 38.9 Å². The normalized spacial score (nSPS) is 17.3. The maximum absolute atomic E-state index is 5.39. The van der Waals surface area contributed by atoms with Gasteiger partial charge in [-0.25, -0.2) is 0 Å². The Morgan fingerprint density at radius 3 is 2.48 bits per heavy atom. The average molecular weight is 312 g/mol. The van der Waals surface area contributed by atoms with Crippen LogP contribution in [0.4, 0.5) is 5.82 Å². The summed E-state index contributed by atoms with van der Waals surface area (Å²) >= 11 is 0. The molecule has 2 heterocycles. The zero-order chi connectivity index (χ0) is 16.2. The van der Waals surface area contributed by atoms with Crippen molar-refractivity contribution < 1.29 is 4.74 Å². The van der Waals surface area contributed by atoms with Gasteiger partial charge in [-0.05, 0) is 37.7 Å². The lowest BCUT2D eigenvalue weighted by atomic mass is 10.0. The molecule has 0 aliphatic carbocycles. The molecule has 5 heteroatoms. The molecule has 0 unspecified atom stereocenters. The third-order valence-electron chi connectivity index (χ3n) is 4.48. The van der Waals surface area contributed by atoms with E-state index in [9.17, 15) is 0 Å². The van der Waals surface area contributed by atoms with Crippen molar-refractivity contribution in [3.63, 3.8) is 0 Å². The first-order chi connectivity index (χ1) is 11.2. The molecule has 3 rings (SSSR count). The van der Waals surface area contributed by atoms with Crippen molar-refractivity contribution >= 4 is 5.82 Å². The summed E-state index contributed by atoms with van der Waals surface area (Å²) in [7, 11) is 3.88. The minimum absolute atomic E-state index is 0.0764. The van der Waals surface area contributed by atoms with E-state index in [4.69, 9.17) is 4.74 Å². The summed E-state index contributed by atoms with van der Waals surface area (Å²) < 4.78 is 5.39. The molecule has 1 aliphatic rings. The number of hydrogen-bond donors (Lipinski definition) is 0. The average Bonchev–Trinajstić information content (AvgIpc) is 2.62. The fourth-order valence-corrected chi connectivity index (χ4v) is 2.77. The lowest BCUT2D eigenvalue weighted by Crippen LogP contribution is -2.44. The van der Waals surface area contributed by atoms with Crippen LogP contribution in [0.25, 0.3) is 11.3 Å². The van der Waals surface area contributed by atoms with E-state index in [1.807, 2.05) is 13.0 Å². The topological polar surface area (TPSA) is 41.5 Å². The predicted octanol–water partition coefficient (Wildman–Crippen LogP) is 2.60. The quantitative estimate of drug-likeness (QED) is 0.868. The summed E-state index contributed by atoms with van der Waals surface area (Å²) in [6, 6.07) is 12.4. The molecule has 5 nitrogen and oxygen atoms in total. The van der Waals surface area contributed by atoms with E-state index < -0.39 is 0 Å². The summed E-state index contributed by atoms with van der Waals surface area (Å²) in [6.07, 6.45) is 0.0764. The number of hydrogen-bond acceptors (Lipinski definition) is 5. The van der Waals surface area contributed by atoms with Gasteiger partial charge in [-0.15, -0.1) is 10.2 Å². The molecule has 0 N–H and O–H groups in total. The van der Waals surface area contributed by atoms with Crippen molar-refractivity contribution in [3.05, 3.63) is 42.0 Å². The third-order valence-corrected chi connectivity index (χ3v) is 4.48. The minimum Gasteiger partial charge on any atom is -0.377 e. The maximum atomic E-state index is 5.39. The number of nitrogens with zero attached hydrogens (tertiary/aromatic N) is 4. The van der Waals surface area contributed by atoms with Crippen LogP contribution in [0.5, 0.6) is 0 Å². The molecule has 1 aromatic carbocycles. The number of anilines is 1. The maximum Gasteiger partial charge on any atom is 0.151 e. The number of piperazine rings is 1. The van der Waals surface area contributed by atoms with Crippen LogP contribution in [0.2, 0.25) is 0 Å². The van der Waals surface area contributed by atoms with Gasteiger partial charge in [-0.1, -0.05) is 18.2 Å². The largest absolute Gasteiger partial charge is 0.377 e. The van der Waals surface area contributed by atoms with E-state index in [-0.39, 0.29) is 6.10 Å². The predicted molar refractivity (Wildman–Crippen MR) is 92.6 cm³/mol. The number of aromatic nitrogens is 2. The van der Waals surface area contributed by atoms with Crippen LogP contribution in [0.1, 0.15) is 18.6 Å². The molecule has 1 atom stereocenters. The number of likely N-dealkylation sites (N-methyl/N-ethyl adjacent to an activating group) is 1. The number of ether oxygens (including phenoxy) is 1. The first kappa shape index (κ1) is 15.9. The molecule has 1 aromatic heterocycles. The van der Waals surface area contributed by atoms with Crippen LogP contribution in [0, 0.1) is 0 Å². The monoisotopic (exact) mass is 312 g/mol. The molecule has 1 fully saturated rings. The Morgan fingerprint density at radius 1 is 1.04 bits per heavy atom. The highest BCUT2D eigenvalue weighted by atomic mass is 16.5. The first-order valence-corrected chi connectivity index (χ1v) is 8.07. The summed E-state index contributed by atoms with van der Waals surface area (Å²) in [4.78, 5) is 4.63. The molecular weight excluding hydrogens is 288 g/mol. The van der Waals surface area contributed by atoms with E-state index in [2.05, 4.69) is 57.4 Å². The zero-order valence-electron chi connectivity index (χ0n) is 14.1. The first-order valence-electron chi connectivity index (χ1n) is 8.07. The lowest BCUT2D eigenvalue weighted by molar-refractivity contribution is 0.119. The van der Waals surface area contributed by atoms with Crippen LogP contribution < -0.4 is 4.90 Å². The van der Waals surface area contributed by atoms with E-state index in [0.717, 1.165) is 48.8 Å². The standard InChI is InChI=1S/C18H24N4O/c1-14(23-3)15-5-4-6-16(13-15)17-7-8-18(20-19-17)22-11-9-21(2)10-12-22/h4-8,13-14H,9-12H2,1-3H3/t14-/m1/s1. The summed E-state index contributed by atoms with van der Waals surface area (Å²) in [6.45, 7) is 6.19. The Hall–Kier alpha value is -1.98. The van der Waals surface area contributed by atoms with Gasteiger partial charge in [-0.3, -0.25) is 0 Å². The molecule has 23 heavy (non-hydrogen) atoms. The van der Waals surface area contributed by atoms with Crippen molar-refractivity contribution in [2.24, 2.45) is 0 Å². The molecule has 0 saturated carbocycles. The van der Waals surface area contributed by atoms with Gasteiger partial charge in [-0.2, -0.15) is 0 Å². The van der Waals surface area contributed by atoms with Crippen molar-refractivity contribution in [1.82, 2.24) is 15.1 Å². The van der Waals surface area contributed by atoms with Crippen molar-refractivity contribution in [3.8, 4) is 11.3 Å². The molecule has 0 radical (unpaired) electrons. The second-order valence-corrected chi connectivity index (χ2v) is 6.07. The molecule has 0 spiro atoms. The SMILES string of the molecule is CO[C@H](C)c1cccc(-c2ccc(N3CCN(C)CC3)nn2)c1. The molecule has 0 bridgehead atoms. The second-order valence-electron chi connectivity index (χ2n) is 6.07. The van der Waals surface area contributed by atoms with Gasteiger partial charge in [0.05, 0.1) is 11.8 Å². The van der Waals surface area contributed by atoms with Crippen LogP contribution in [-0.2, 0) is 4.74 Å². The lowest BCUT2D eigenvalue weighted by Gasteiger charge is -2.32. The van der Waals surface area contributed by atoms with Gasteiger partial charge in [0.1, 0.15) is 0 Å². The molecular formula is C18H24N4O. The summed E-state index contributed by atoms with van der Waals surface area (Å²) in [5.41, 5.74) is 3.12. The number of benzene rings is 1. The van der Waals surface area contributed by atoms with Crippen LogP contribution in [-0.4, -0.2) is 55.4 Å². The Morgan fingerprint density at radius 2 is 1.83 bits per heavy atom.